The van der Waals surface area contributed by atoms with Crippen molar-refractivity contribution in [3.8, 4) is 0 Å². The highest BCUT2D eigenvalue weighted by Crippen LogP contribution is 2.25. The zero-order valence-corrected chi connectivity index (χ0v) is 14.4. The van der Waals surface area contributed by atoms with E-state index in [0.29, 0.717) is 12.6 Å². The molecule has 0 saturated carbocycles. The van der Waals surface area contributed by atoms with Crippen molar-refractivity contribution < 1.29 is 0 Å². The Kier molecular flexibility index (Phi) is 5.60. The first-order valence-electron chi connectivity index (χ1n) is 7.47. The van der Waals surface area contributed by atoms with E-state index in [1.165, 1.54) is 10.2 Å². The lowest BCUT2D eigenvalue weighted by Crippen LogP contribution is -2.54. The number of nitrogens with two attached hydrogens (primary N) is 1. The molecule has 1 unspecified atom stereocenters. The minimum atomic E-state index is 0.436. The van der Waals surface area contributed by atoms with Crippen LogP contribution in [-0.4, -0.2) is 58.8 Å². The number of piperazine rings is 1. The van der Waals surface area contributed by atoms with E-state index in [9.17, 15) is 0 Å². The fraction of sp³-hybridized carbons (Fsp3) is 0.786. The third-order valence-corrected chi connectivity index (χ3v) is 5.04. The number of aryl methyl sites for hydroxylation is 2. The second kappa shape index (κ2) is 7.02. The lowest BCUT2D eigenvalue weighted by atomic mass is 10.1. The average molecular weight is 344 g/mol. The fourth-order valence-corrected chi connectivity index (χ4v) is 3.53. The third kappa shape index (κ3) is 3.24. The zero-order chi connectivity index (χ0) is 14.7. The van der Waals surface area contributed by atoms with E-state index in [4.69, 9.17) is 5.73 Å². The fourth-order valence-electron chi connectivity index (χ4n) is 2.84. The first-order valence-corrected chi connectivity index (χ1v) is 8.26. The molecule has 114 valence electrons. The summed E-state index contributed by atoms with van der Waals surface area (Å²) in [5.74, 6) is 0. The molecule has 1 aliphatic heterocycles. The average Bonchev–Trinajstić information content (AvgIpc) is 2.77. The van der Waals surface area contributed by atoms with Crippen LogP contribution in [0.5, 0.6) is 0 Å². The van der Waals surface area contributed by atoms with E-state index >= 15 is 0 Å². The molecule has 2 heterocycles. The lowest BCUT2D eigenvalue weighted by Gasteiger charge is -2.39. The van der Waals surface area contributed by atoms with Gasteiger partial charge in [-0.05, 0) is 36.3 Å². The second-order valence-electron chi connectivity index (χ2n) is 5.50. The summed E-state index contributed by atoms with van der Waals surface area (Å²) in [6.45, 7) is 10.1. The van der Waals surface area contributed by atoms with E-state index in [1.807, 2.05) is 0 Å². The van der Waals surface area contributed by atoms with Gasteiger partial charge >= 0.3 is 0 Å². The highest BCUT2D eigenvalue weighted by molar-refractivity contribution is 9.10. The summed E-state index contributed by atoms with van der Waals surface area (Å²) >= 11 is 3.73. The Morgan fingerprint density at radius 2 is 2.10 bits per heavy atom. The minimum absolute atomic E-state index is 0.436. The van der Waals surface area contributed by atoms with E-state index in [1.54, 1.807) is 0 Å². The summed E-state index contributed by atoms with van der Waals surface area (Å²) in [5, 5.41) is 4.68. The molecule has 20 heavy (non-hydrogen) atoms. The predicted octanol–water partition coefficient (Wildman–Crippen LogP) is 1.30. The Bertz CT molecular complexity index is 445. The molecule has 2 N–H and O–H groups in total. The van der Waals surface area contributed by atoms with Gasteiger partial charge in [0.2, 0.25) is 0 Å². The molecule has 0 radical (unpaired) electrons. The summed E-state index contributed by atoms with van der Waals surface area (Å²) in [6, 6.07) is 0.436. The molecule has 1 aromatic rings. The van der Waals surface area contributed by atoms with Crippen molar-refractivity contribution in [1.82, 2.24) is 19.6 Å². The van der Waals surface area contributed by atoms with Crippen LogP contribution in [0.1, 0.15) is 25.2 Å². The van der Waals surface area contributed by atoms with Crippen LogP contribution in [0.2, 0.25) is 0 Å². The number of nitrogens with zero attached hydrogens (tertiary/aromatic N) is 4. The summed E-state index contributed by atoms with van der Waals surface area (Å²) in [6.07, 6.45) is 0.962. The van der Waals surface area contributed by atoms with Gasteiger partial charge in [-0.2, -0.15) is 5.10 Å². The number of hydrogen-bond acceptors (Lipinski definition) is 4. The molecule has 2 rings (SSSR count). The number of rotatable bonds is 5. The van der Waals surface area contributed by atoms with Crippen LogP contribution in [0.15, 0.2) is 4.47 Å². The molecule has 6 heteroatoms. The molecule has 1 fully saturated rings. The van der Waals surface area contributed by atoms with Crippen LogP contribution < -0.4 is 5.73 Å². The van der Waals surface area contributed by atoms with Gasteiger partial charge in [0.1, 0.15) is 0 Å². The molecule has 1 aromatic heterocycles. The molecular formula is C14H26BrN5. The number of likely N-dealkylation sites (N-methyl/N-ethyl adjacent to an activating group) is 1. The maximum atomic E-state index is 5.95. The number of hydrogen-bond donors (Lipinski definition) is 1. The van der Waals surface area contributed by atoms with Gasteiger partial charge in [-0.1, -0.05) is 6.92 Å². The Balaban J connectivity index is 2.18. The first kappa shape index (κ1) is 15.9. The van der Waals surface area contributed by atoms with Crippen LogP contribution in [-0.2, 0) is 19.5 Å². The van der Waals surface area contributed by atoms with Gasteiger partial charge in [-0.25, -0.2) is 0 Å². The van der Waals surface area contributed by atoms with E-state index in [-0.39, 0.29) is 0 Å². The quantitative estimate of drug-likeness (QED) is 0.875. The van der Waals surface area contributed by atoms with Crippen molar-refractivity contribution in [2.24, 2.45) is 5.73 Å². The standard InChI is InChI=1S/C14H26BrN5/c1-4-12-14(15)13(20(5-2)17-12)10-19-7-6-18(3)9-11(19)8-16/h11H,4-10,16H2,1-3H3. The molecule has 1 saturated heterocycles. The lowest BCUT2D eigenvalue weighted by molar-refractivity contribution is 0.0855. The number of halogens is 1. The van der Waals surface area contributed by atoms with E-state index < -0.39 is 0 Å². The van der Waals surface area contributed by atoms with Crippen LogP contribution >= 0.6 is 15.9 Å². The van der Waals surface area contributed by atoms with Gasteiger partial charge in [0, 0.05) is 45.3 Å². The SMILES string of the molecule is CCc1nn(CC)c(CN2CCN(C)CC2CN)c1Br. The highest BCUT2D eigenvalue weighted by Gasteiger charge is 2.26. The van der Waals surface area contributed by atoms with Crippen molar-refractivity contribution in [1.29, 1.82) is 0 Å². The third-order valence-electron chi connectivity index (χ3n) is 4.13. The molecule has 0 aliphatic carbocycles. The van der Waals surface area contributed by atoms with Gasteiger partial charge < -0.3 is 10.6 Å². The van der Waals surface area contributed by atoms with Crippen molar-refractivity contribution >= 4 is 15.9 Å². The first-order chi connectivity index (χ1) is 9.60. The monoisotopic (exact) mass is 343 g/mol. The van der Waals surface area contributed by atoms with Crippen molar-refractivity contribution in [3.05, 3.63) is 15.9 Å². The van der Waals surface area contributed by atoms with Crippen LogP contribution in [0.3, 0.4) is 0 Å². The van der Waals surface area contributed by atoms with Gasteiger partial charge in [0.15, 0.2) is 0 Å². The summed E-state index contributed by atoms with van der Waals surface area (Å²) < 4.78 is 3.30. The topological polar surface area (TPSA) is 50.3 Å². The molecular weight excluding hydrogens is 318 g/mol. The smallest absolute Gasteiger partial charge is 0.0767 e. The molecule has 0 spiro atoms. The highest BCUT2D eigenvalue weighted by atomic mass is 79.9. The van der Waals surface area contributed by atoms with Gasteiger partial charge in [-0.15, -0.1) is 0 Å². The zero-order valence-electron chi connectivity index (χ0n) is 12.8. The number of aromatic nitrogens is 2. The molecule has 1 atom stereocenters. The predicted molar refractivity (Wildman–Crippen MR) is 85.7 cm³/mol. The van der Waals surface area contributed by atoms with Gasteiger partial charge in [0.05, 0.1) is 15.9 Å². The minimum Gasteiger partial charge on any atom is -0.329 e. The summed E-state index contributed by atoms with van der Waals surface area (Å²) in [4.78, 5) is 4.85. The molecule has 0 aromatic carbocycles. The summed E-state index contributed by atoms with van der Waals surface area (Å²) in [5.41, 5.74) is 8.38. The van der Waals surface area contributed by atoms with Crippen LogP contribution in [0.25, 0.3) is 0 Å². The van der Waals surface area contributed by atoms with E-state index in [0.717, 1.165) is 44.8 Å². The van der Waals surface area contributed by atoms with Crippen LogP contribution in [0.4, 0.5) is 0 Å². The molecule has 0 bridgehead atoms. The Hall–Kier alpha value is -0.430. The maximum absolute atomic E-state index is 5.95. The van der Waals surface area contributed by atoms with Crippen LogP contribution in [0, 0.1) is 0 Å². The van der Waals surface area contributed by atoms with E-state index in [2.05, 4.69) is 56.4 Å². The molecule has 0 amide bonds. The Morgan fingerprint density at radius 3 is 2.70 bits per heavy atom. The Labute approximate surface area is 130 Å². The summed E-state index contributed by atoms with van der Waals surface area (Å²) in [7, 11) is 2.17. The molecule has 1 aliphatic rings. The van der Waals surface area contributed by atoms with Gasteiger partial charge in [-0.3, -0.25) is 9.58 Å². The normalized spacial score (nSPS) is 21.6. The largest absolute Gasteiger partial charge is 0.329 e. The van der Waals surface area contributed by atoms with Crippen molar-refractivity contribution in [2.45, 2.75) is 39.4 Å². The second-order valence-corrected chi connectivity index (χ2v) is 6.29. The van der Waals surface area contributed by atoms with Crippen molar-refractivity contribution in [2.75, 3.05) is 33.2 Å². The van der Waals surface area contributed by atoms with Gasteiger partial charge in [0.25, 0.3) is 0 Å². The molecule has 5 nitrogen and oxygen atoms in total. The van der Waals surface area contributed by atoms with Crippen molar-refractivity contribution in [3.63, 3.8) is 0 Å². The Morgan fingerprint density at radius 1 is 1.35 bits per heavy atom. The maximum Gasteiger partial charge on any atom is 0.0767 e.